The molecule has 21 heavy (non-hydrogen) atoms. The summed E-state index contributed by atoms with van der Waals surface area (Å²) in [7, 11) is 0. The van der Waals surface area contributed by atoms with Crippen molar-refractivity contribution in [1.29, 1.82) is 0 Å². The number of halogens is 1. The number of rotatable bonds is 2. The van der Waals surface area contributed by atoms with Crippen molar-refractivity contribution in [3.63, 3.8) is 0 Å². The molecule has 0 aliphatic carbocycles. The van der Waals surface area contributed by atoms with Gasteiger partial charge >= 0.3 is 0 Å². The Morgan fingerprint density at radius 3 is 3.10 bits per heavy atom. The van der Waals surface area contributed by atoms with Crippen LogP contribution in [0, 0.1) is 0 Å². The predicted molar refractivity (Wildman–Crippen MR) is 83.2 cm³/mol. The van der Waals surface area contributed by atoms with Crippen molar-refractivity contribution in [1.82, 2.24) is 15.0 Å². The van der Waals surface area contributed by atoms with E-state index in [1.165, 1.54) is 18.1 Å². The third-order valence-corrected chi connectivity index (χ3v) is 4.46. The standard InChI is InChI=1S/C14H9ClN4OS/c15-11-5-9-13(16-6-17-14(9)19-11)18-8-2-1-7-3-12(20)21-10(7)4-8/h1-2,4-6H,3H2,(H2,16,17,18,19). The summed E-state index contributed by atoms with van der Waals surface area (Å²) in [5.74, 6) is 0.678. The molecular weight excluding hydrogens is 308 g/mol. The van der Waals surface area contributed by atoms with E-state index in [4.69, 9.17) is 11.6 Å². The smallest absolute Gasteiger partial charge is 0.198 e. The zero-order chi connectivity index (χ0) is 14.4. The summed E-state index contributed by atoms with van der Waals surface area (Å²) in [5, 5.41) is 4.78. The summed E-state index contributed by atoms with van der Waals surface area (Å²) < 4.78 is 0. The van der Waals surface area contributed by atoms with E-state index in [1.54, 1.807) is 6.07 Å². The average molecular weight is 317 g/mol. The van der Waals surface area contributed by atoms with E-state index in [0.29, 0.717) is 23.0 Å². The van der Waals surface area contributed by atoms with Crippen molar-refractivity contribution >= 4 is 51.0 Å². The lowest BCUT2D eigenvalue weighted by atomic mass is 10.1. The highest BCUT2D eigenvalue weighted by molar-refractivity contribution is 8.14. The molecule has 2 aromatic heterocycles. The van der Waals surface area contributed by atoms with Gasteiger partial charge in [-0.05, 0) is 23.8 Å². The first-order valence-corrected chi connectivity index (χ1v) is 7.48. The van der Waals surface area contributed by atoms with E-state index in [-0.39, 0.29) is 5.12 Å². The normalized spacial score (nSPS) is 13.7. The molecule has 1 aliphatic heterocycles. The van der Waals surface area contributed by atoms with Crippen molar-refractivity contribution in [3.05, 3.63) is 41.3 Å². The summed E-state index contributed by atoms with van der Waals surface area (Å²) in [4.78, 5) is 23.8. The van der Waals surface area contributed by atoms with Gasteiger partial charge in [-0.2, -0.15) is 0 Å². The maximum absolute atomic E-state index is 11.5. The second-order valence-corrected chi connectivity index (χ2v) is 6.21. The number of hydrogen-bond acceptors (Lipinski definition) is 5. The zero-order valence-electron chi connectivity index (χ0n) is 10.7. The minimum atomic E-state index is 0.184. The second-order valence-electron chi connectivity index (χ2n) is 4.70. The van der Waals surface area contributed by atoms with Gasteiger partial charge in [0.15, 0.2) is 5.12 Å². The highest BCUT2D eigenvalue weighted by Gasteiger charge is 2.19. The van der Waals surface area contributed by atoms with E-state index in [9.17, 15) is 4.79 Å². The van der Waals surface area contributed by atoms with Gasteiger partial charge in [0.1, 0.15) is 22.9 Å². The molecule has 3 heterocycles. The fourth-order valence-corrected chi connectivity index (χ4v) is 3.46. The Kier molecular flexibility index (Phi) is 2.87. The highest BCUT2D eigenvalue weighted by Crippen LogP contribution is 2.35. The van der Waals surface area contributed by atoms with Crippen LogP contribution in [0.1, 0.15) is 5.56 Å². The van der Waals surface area contributed by atoms with Crippen LogP contribution in [-0.2, 0) is 11.2 Å². The van der Waals surface area contributed by atoms with Gasteiger partial charge in [-0.25, -0.2) is 9.97 Å². The molecule has 0 bridgehead atoms. The molecular formula is C14H9ClN4OS. The van der Waals surface area contributed by atoms with Crippen molar-refractivity contribution in [2.75, 3.05) is 5.32 Å². The molecule has 1 aromatic carbocycles. The lowest BCUT2D eigenvalue weighted by Crippen LogP contribution is -1.95. The van der Waals surface area contributed by atoms with Crippen LogP contribution in [0.2, 0.25) is 5.15 Å². The third-order valence-electron chi connectivity index (χ3n) is 3.28. The number of anilines is 2. The lowest BCUT2D eigenvalue weighted by molar-refractivity contribution is -0.110. The molecule has 0 unspecified atom stereocenters. The van der Waals surface area contributed by atoms with E-state index in [2.05, 4.69) is 20.3 Å². The Bertz CT molecular complexity index is 877. The van der Waals surface area contributed by atoms with Crippen LogP contribution < -0.4 is 5.32 Å². The lowest BCUT2D eigenvalue weighted by Gasteiger charge is -2.07. The Balaban J connectivity index is 1.72. The molecule has 0 saturated carbocycles. The number of nitrogens with zero attached hydrogens (tertiary/aromatic N) is 2. The Labute approximate surface area is 129 Å². The minimum absolute atomic E-state index is 0.184. The first-order valence-electron chi connectivity index (χ1n) is 6.29. The van der Waals surface area contributed by atoms with Crippen LogP contribution in [-0.4, -0.2) is 20.1 Å². The van der Waals surface area contributed by atoms with Crippen molar-refractivity contribution in [2.45, 2.75) is 11.3 Å². The van der Waals surface area contributed by atoms with Crippen molar-refractivity contribution in [3.8, 4) is 0 Å². The van der Waals surface area contributed by atoms with Crippen molar-refractivity contribution in [2.24, 2.45) is 0 Å². The summed E-state index contributed by atoms with van der Waals surface area (Å²) >= 11 is 7.24. The van der Waals surface area contributed by atoms with Gasteiger partial charge in [-0.15, -0.1) is 0 Å². The molecule has 0 atom stereocenters. The van der Waals surface area contributed by atoms with Gasteiger partial charge in [0.25, 0.3) is 0 Å². The number of benzene rings is 1. The first-order chi connectivity index (χ1) is 10.2. The number of H-pyrrole nitrogens is 1. The molecule has 0 amide bonds. The van der Waals surface area contributed by atoms with E-state index < -0.39 is 0 Å². The molecule has 0 saturated heterocycles. The molecule has 104 valence electrons. The van der Waals surface area contributed by atoms with Gasteiger partial charge < -0.3 is 10.3 Å². The van der Waals surface area contributed by atoms with Gasteiger partial charge in [0, 0.05) is 17.0 Å². The Morgan fingerprint density at radius 2 is 2.19 bits per heavy atom. The molecule has 0 radical (unpaired) electrons. The van der Waals surface area contributed by atoms with E-state index >= 15 is 0 Å². The fraction of sp³-hybridized carbons (Fsp3) is 0.0714. The topological polar surface area (TPSA) is 70.7 Å². The molecule has 4 rings (SSSR count). The zero-order valence-corrected chi connectivity index (χ0v) is 12.3. The Morgan fingerprint density at radius 1 is 1.29 bits per heavy atom. The fourth-order valence-electron chi connectivity index (χ4n) is 2.33. The quantitative estimate of drug-likeness (QED) is 0.757. The van der Waals surface area contributed by atoms with Gasteiger partial charge in [-0.3, -0.25) is 4.79 Å². The van der Waals surface area contributed by atoms with Gasteiger partial charge in [0.2, 0.25) is 0 Å². The first kappa shape index (κ1) is 12.7. The van der Waals surface area contributed by atoms with Crippen LogP contribution in [0.4, 0.5) is 11.5 Å². The number of fused-ring (bicyclic) bond motifs is 2. The largest absolute Gasteiger partial charge is 0.340 e. The highest BCUT2D eigenvalue weighted by atomic mass is 35.5. The van der Waals surface area contributed by atoms with Crippen LogP contribution in [0.3, 0.4) is 0 Å². The molecule has 3 aromatic rings. The second kappa shape index (κ2) is 4.75. The molecule has 2 N–H and O–H groups in total. The summed E-state index contributed by atoms with van der Waals surface area (Å²) in [5.41, 5.74) is 2.64. The Hall–Kier alpha value is -2.05. The minimum Gasteiger partial charge on any atom is -0.340 e. The van der Waals surface area contributed by atoms with Crippen LogP contribution in [0.5, 0.6) is 0 Å². The number of nitrogens with one attached hydrogen (secondary N) is 2. The number of aromatic nitrogens is 3. The monoisotopic (exact) mass is 316 g/mol. The molecule has 5 nitrogen and oxygen atoms in total. The predicted octanol–water partition coefficient (Wildman–Crippen LogP) is 3.53. The number of hydrogen-bond donors (Lipinski definition) is 2. The summed E-state index contributed by atoms with van der Waals surface area (Å²) in [6.07, 6.45) is 1.98. The third kappa shape index (κ3) is 2.26. The number of aromatic amines is 1. The molecule has 7 heteroatoms. The van der Waals surface area contributed by atoms with Crippen LogP contribution >= 0.6 is 23.4 Å². The average Bonchev–Trinajstić information content (AvgIpc) is 2.99. The molecule has 0 fully saturated rings. The number of carbonyl (C=O) groups excluding carboxylic acids is 1. The molecule has 1 aliphatic rings. The summed E-state index contributed by atoms with van der Waals surface area (Å²) in [6.45, 7) is 0. The summed E-state index contributed by atoms with van der Waals surface area (Å²) in [6, 6.07) is 7.66. The van der Waals surface area contributed by atoms with Crippen molar-refractivity contribution < 1.29 is 4.79 Å². The SMILES string of the molecule is O=C1Cc2ccc(Nc3ncnc4[nH]c(Cl)cc34)cc2S1. The van der Waals surface area contributed by atoms with Crippen LogP contribution in [0.25, 0.3) is 11.0 Å². The maximum Gasteiger partial charge on any atom is 0.198 e. The number of carbonyl (C=O) groups is 1. The van der Waals surface area contributed by atoms with Gasteiger partial charge in [0.05, 0.1) is 5.39 Å². The molecule has 0 spiro atoms. The van der Waals surface area contributed by atoms with E-state index in [1.807, 2.05) is 18.2 Å². The van der Waals surface area contributed by atoms with Gasteiger partial charge in [-0.1, -0.05) is 29.4 Å². The van der Waals surface area contributed by atoms with Crippen LogP contribution in [0.15, 0.2) is 35.5 Å². The maximum atomic E-state index is 11.5. The number of thioether (sulfide) groups is 1. The van der Waals surface area contributed by atoms with E-state index in [0.717, 1.165) is 21.5 Å².